The summed E-state index contributed by atoms with van der Waals surface area (Å²) in [6, 6.07) is 1.55. The zero-order valence-electron chi connectivity index (χ0n) is 12.1. The summed E-state index contributed by atoms with van der Waals surface area (Å²) >= 11 is 3.26. The fraction of sp³-hybridized carbons (Fsp3) is 0.615. The molecule has 2 rings (SSSR count). The van der Waals surface area contributed by atoms with Crippen LogP contribution < -0.4 is 5.32 Å². The second kappa shape index (κ2) is 6.20. The number of sulfonamides is 1. The zero-order valence-corrected chi connectivity index (χ0v) is 14.5. The van der Waals surface area contributed by atoms with Crippen molar-refractivity contribution >= 4 is 31.8 Å². The lowest BCUT2D eigenvalue weighted by Crippen LogP contribution is -2.48. The number of hydrogen-bond donors (Lipinski definition) is 2. The second-order valence-electron chi connectivity index (χ2n) is 5.47. The van der Waals surface area contributed by atoms with Gasteiger partial charge in [0, 0.05) is 30.3 Å². The van der Waals surface area contributed by atoms with Gasteiger partial charge in [-0.05, 0) is 48.7 Å². The van der Waals surface area contributed by atoms with Crippen molar-refractivity contribution in [1.82, 2.24) is 9.29 Å². The van der Waals surface area contributed by atoms with Crippen LogP contribution >= 0.6 is 15.9 Å². The molecule has 0 amide bonds. The molecule has 0 radical (unpaired) electrons. The van der Waals surface area contributed by atoms with E-state index in [0.29, 0.717) is 36.2 Å². The molecule has 1 aromatic heterocycles. The van der Waals surface area contributed by atoms with Crippen LogP contribution in [0.1, 0.15) is 26.7 Å². The summed E-state index contributed by atoms with van der Waals surface area (Å²) < 4.78 is 27.6. The Hall–Kier alpha value is -0.700. The van der Waals surface area contributed by atoms with E-state index in [9.17, 15) is 13.5 Å². The normalized spacial score (nSPS) is 24.0. The van der Waals surface area contributed by atoms with Crippen molar-refractivity contribution in [3.63, 3.8) is 0 Å². The van der Waals surface area contributed by atoms with E-state index < -0.39 is 15.6 Å². The molecule has 1 saturated heterocycles. The Bertz CT molecular complexity index is 619. The Labute approximate surface area is 133 Å². The Kier molecular flexibility index (Phi) is 4.92. The van der Waals surface area contributed by atoms with Crippen LogP contribution in [0.3, 0.4) is 0 Å². The molecule has 1 aromatic rings. The predicted octanol–water partition coefficient (Wildman–Crippen LogP) is 1.81. The molecule has 0 saturated carbocycles. The largest absolute Gasteiger partial charge is 0.389 e. The Morgan fingerprint density at radius 3 is 2.90 bits per heavy atom. The van der Waals surface area contributed by atoms with Crippen molar-refractivity contribution in [2.75, 3.05) is 25.0 Å². The maximum atomic E-state index is 12.8. The molecule has 2 N–H and O–H groups in total. The van der Waals surface area contributed by atoms with Gasteiger partial charge >= 0.3 is 0 Å². The lowest BCUT2D eigenvalue weighted by molar-refractivity contribution is 0.00940. The minimum Gasteiger partial charge on any atom is -0.389 e. The van der Waals surface area contributed by atoms with Crippen LogP contribution in [-0.4, -0.2) is 48.0 Å². The highest BCUT2D eigenvalue weighted by Crippen LogP contribution is 2.30. The van der Waals surface area contributed by atoms with Crippen molar-refractivity contribution < 1.29 is 13.5 Å². The van der Waals surface area contributed by atoms with E-state index in [1.165, 1.54) is 4.31 Å². The van der Waals surface area contributed by atoms with E-state index in [1.807, 2.05) is 6.92 Å². The van der Waals surface area contributed by atoms with Gasteiger partial charge in [0.05, 0.1) is 5.60 Å². The van der Waals surface area contributed by atoms with E-state index in [1.54, 1.807) is 19.2 Å². The fourth-order valence-electron chi connectivity index (χ4n) is 2.44. The highest BCUT2D eigenvalue weighted by Gasteiger charge is 2.36. The maximum Gasteiger partial charge on any atom is 0.246 e. The van der Waals surface area contributed by atoms with Gasteiger partial charge in [-0.25, -0.2) is 13.4 Å². The summed E-state index contributed by atoms with van der Waals surface area (Å²) in [5, 5.41) is 13.1. The van der Waals surface area contributed by atoms with E-state index in [4.69, 9.17) is 0 Å². The molecular formula is C13H20BrN3O3S. The van der Waals surface area contributed by atoms with E-state index in [-0.39, 0.29) is 11.4 Å². The van der Waals surface area contributed by atoms with Gasteiger partial charge in [-0.2, -0.15) is 4.31 Å². The minimum absolute atomic E-state index is 0.105. The molecule has 21 heavy (non-hydrogen) atoms. The number of hydrogen-bond acceptors (Lipinski definition) is 5. The SMILES string of the molecule is CCNc1ncc(Br)cc1S(=O)(=O)N1CCCC(C)(O)C1. The van der Waals surface area contributed by atoms with Gasteiger partial charge in [0.15, 0.2) is 0 Å². The summed E-state index contributed by atoms with van der Waals surface area (Å²) in [6.07, 6.45) is 2.81. The number of aliphatic hydroxyl groups is 1. The summed E-state index contributed by atoms with van der Waals surface area (Å²) in [5.74, 6) is 0.339. The molecule has 1 atom stereocenters. The number of β-amino-alcohol motifs (C(OH)–C–C–N with tert-alkyl or cyclic N) is 1. The number of nitrogens with one attached hydrogen (secondary N) is 1. The summed E-state index contributed by atoms with van der Waals surface area (Å²) in [7, 11) is -3.69. The number of rotatable bonds is 4. The van der Waals surface area contributed by atoms with Gasteiger partial charge in [-0.15, -0.1) is 0 Å². The molecule has 1 fully saturated rings. The lowest BCUT2D eigenvalue weighted by Gasteiger charge is -2.36. The molecule has 118 valence electrons. The van der Waals surface area contributed by atoms with Gasteiger partial charge in [0.25, 0.3) is 0 Å². The summed E-state index contributed by atoms with van der Waals surface area (Å²) in [5.41, 5.74) is -0.983. The average Bonchev–Trinajstić information content (AvgIpc) is 2.40. The molecule has 0 spiro atoms. The monoisotopic (exact) mass is 377 g/mol. The quantitative estimate of drug-likeness (QED) is 0.835. The Balaban J connectivity index is 2.41. The van der Waals surface area contributed by atoms with Crippen LogP contribution in [-0.2, 0) is 10.0 Å². The highest BCUT2D eigenvalue weighted by atomic mass is 79.9. The van der Waals surface area contributed by atoms with Gasteiger partial charge in [0.2, 0.25) is 10.0 Å². The minimum atomic E-state index is -3.69. The van der Waals surface area contributed by atoms with Crippen molar-refractivity contribution in [3.05, 3.63) is 16.7 Å². The first-order chi connectivity index (χ1) is 9.76. The smallest absolute Gasteiger partial charge is 0.246 e. The molecule has 6 nitrogen and oxygen atoms in total. The van der Waals surface area contributed by atoms with E-state index in [2.05, 4.69) is 26.2 Å². The van der Waals surface area contributed by atoms with E-state index >= 15 is 0 Å². The molecule has 1 aliphatic heterocycles. The second-order valence-corrected chi connectivity index (χ2v) is 8.29. The standard InChI is InChI=1S/C13H20BrN3O3S/c1-3-15-12-11(7-10(14)8-16-12)21(19,20)17-6-4-5-13(2,18)9-17/h7-8,18H,3-6,9H2,1-2H3,(H,15,16). The third-order valence-electron chi connectivity index (χ3n) is 3.42. The first-order valence-electron chi connectivity index (χ1n) is 6.88. The molecule has 8 heteroatoms. The summed E-state index contributed by atoms with van der Waals surface area (Å²) in [6.45, 7) is 4.64. The average molecular weight is 378 g/mol. The van der Waals surface area contributed by atoms with Gasteiger partial charge < -0.3 is 10.4 Å². The lowest BCUT2D eigenvalue weighted by atomic mass is 9.97. The van der Waals surface area contributed by atoms with Crippen LogP contribution in [0.2, 0.25) is 0 Å². The number of nitrogens with zero attached hydrogens (tertiary/aromatic N) is 2. The molecule has 2 heterocycles. The predicted molar refractivity (Wildman–Crippen MR) is 84.7 cm³/mol. The molecule has 0 aromatic carbocycles. The van der Waals surface area contributed by atoms with Crippen molar-refractivity contribution in [2.45, 2.75) is 37.2 Å². The highest BCUT2D eigenvalue weighted by molar-refractivity contribution is 9.10. The van der Waals surface area contributed by atoms with Crippen molar-refractivity contribution in [1.29, 1.82) is 0 Å². The number of piperidine rings is 1. The Morgan fingerprint density at radius 2 is 2.29 bits per heavy atom. The van der Waals surface area contributed by atoms with Crippen LogP contribution in [0.15, 0.2) is 21.6 Å². The first kappa shape index (κ1) is 16.7. The molecule has 0 aliphatic carbocycles. The fourth-order valence-corrected chi connectivity index (χ4v) is 4.66. The zero-order chi connectivity index (χ0) is 15.7. The van der Waals surface area contributed by atoms with Crippen LogP contribution in [0.25, 0.3) is 0 Å². The Morgan fingerprint density at radius 1 is 1.57 bits per heavy atom. The molecule has 1 aliphatic rings. The van der Waals surface area contributed by atoms with Crippen molar-refractivity contribution in [3.8, 4) is 0 Å². The molecule has 1 unspecified atom stereocenters. The van der Waals surface area contributed by atoms with Gasteiger partial charge in [-0.3, -0.25) is 0 Å². The maximum absolute atomic E-state index is 12.8. The number of halogens is 1. The van der Waals surface area contributed by atoms with Crippen LogP contribution in [0, 0.1) is 0 Å². The van der Waals surface area contributed by atoms with Gasteiger partial charge in [0.1, 0.15) is 10.7 Å². The third-order valence-corrected chi connectivity index (χ3v) is 5.71. The summed E-state index contributed by atoms with van der Waals surface area (Å²) in [4.78, 5) is 4.27. The van der Waals surface area contributed by atoms with Gasteiger partial charge in [-0.1, -0.05) is 0 Å². The number of anilines is 1. The van der Waals surface area contributed by atoms with E-state index in [0.717, 1.165) is 0 Å². The molecular weight excluding hydrogens is 358 g/mol. The topological polar surface area (TPSA) is 82.5 Å². The number of aromatic nitrogens is 1. The molecule has 0 bridgehead atoms. The number of pyridine rings is 1. The first-order valence-corrected chi connectivity index (χ1v) is 9.11. The van der Waals surface area contributed by atoms with Crippen LogP contribution in [0.4, 0.5) is 5.82 Å². The van der Waals surface area contributed by atoms with Crippen molar-refractivity contribution in [2.24, 2.45) is 0 Å². The van der Waals surface area contributed by atoms with Crippen LogP contribution in [0.5, 0.6) is 0 Å². The third kappa shape index (κ3) is 3.74.